The Bertz CT molecular complexity index is 567. The predicted molar refractivity (Wildman–Crippen MR) is 86.0 cm³/mol. The highest BCUT2D eigenvalue weighted by atomic mass is 16.5. The fourth-order valence-electron chi connectivity index (χ4n) is 1.98. The highest BCUT2D eigenvalue weighted by Gasteiger charge is 2.06. The summed E-state index contributed by atoms with van der Waals surface area (Å²) in [5.74, 6) is 0.438. The minimum absolute atomic E-state index is 0.315. The minimum Gasteiger partial charge on any atom is -0.494 e. The molecule has 0 aliphatic carbocycles. The first-order chi connectivity index (χ1) is 10.8. The van der Waals surface area contributed by atoms with E-state index in [2.05, 4.69) is 17.4 Å². The van der Waals surface area contributed by atoms with Gasteiger partial charge in [-0.05, 0) is 36.8 Å². The van der Waals surface area contributed by atoms with E-state index < -0.39 is 0 Å². The molecule has 0 heterocycles. The Kier molecular flexibility index (Phi) is 6.45. The first kappa shape index (κ1) is 16.0. The number of rotatable bonds is 8. The zero-order valence-electron chi connectivity index (χ0n) is 12.7. The number of benzene rings is 2. The van der Waals surface area contributed by atoms with Crippen LogP contribution in [-0.4, -0.2) is 25.7 Å². The van der Waals surface area contributed by atoms with Gasteiger partial charge in [0.2, 0.25) is 0 Å². The van der Waals surface area contributed by atoms with Crippen molar-refractivity contribution in [3.63, 3.8) is 0 Å². The van der Waals surface area contributed by atoms with E-state index in [0.717, 1.165) is 12.3 Å². The molecular weight excluding hydrogens is 278 g/mol. The van der Waals surface area contributed by atoms with E-state index in [9.17, 15) is 4.79 Å². The number of esters is 1. The van der Waals surface area contributed by atoms with Crippen LogP contribution in [0.25, 0.3) is 0 Å². The molecule has 22 heavy (non-hydrogen) atoms. The van der Waals surface area contributed by atoms with Crippen LogP contribution in [0, 0.1) is 0 Å². The van der Waals surface area contributed by atoms with Gasteiger partial charge in [0.05, 0.1) is 12.2 Å². The van der Waals surface area contributed by atoms with E-state index >= 15 is 0 Å². The highest BCUT2D eigenvalue weighted by Crippen LogP contribution is 2.12. The maximum Gasteiger partial charge on any atom is 0.338 e. The molecule has 0 unspecified atom stereocenters. The second-order valence-corrected chi connectivity index (χ2v) is 4.76. The second kappa shape index (κ2) is 8.85. The lowest BCUT2D eigenvalue weighted by atomic mass is 10.2. The topological polar surface area (TPSA) is 47.6 Å². The van der Waals surface area contributed by atoms with E-state index in [1.54, 1.807) is 24.3 Å². The van der Waals surface area contributed by atoms with Crippen molar-refractivity contribution < 1.29 is 14.3 Å². The molecule has 0 aromatic heterocycles. The van der Waals surface area contributed by atoms with Crippen LogP contribution < -0.4 is 10.1 Å². The minimum atomic E-state index is -0.315. The zero-order valence-corrected chi connectivity index (χ0v) is 12.7. The summed E-state index contributed by atoms with van der Waals surface area (Å²) in [7, 11) is 0. The Morgan fingerprint density at radius 1 is 1.05 bits per heavy atom. The number of ether oxygens (including phenoxy) is 2. The standard InChI is InChI=1S/C18H21NO3/c1-2-21-17-10-8-16(9-11-17)18(20)22-13-12-19-14-15-6-4-3-5-7-15/h3-11,19H,2,12-14H2,1H3. The second-order valence-electron chi connectivity index (χ2n) is 4.76. The van der Waals surface area contributed by atoms with Crippen LogP contribution in [0.1, 0.15) is 22.8 Å². The smallest absolute Gasteiger partial charge is 0.338 e. The molecule has 116 valence electrons. The molecule has 0 fully saturated rings. The molecule has 0 saturated heterocycles. The molecule has 4 heteroatoms. The monoisotopic (exact) mass is 299 g/mol. The third kappa shape index (κ3) is 5.22. The molecule has 0 radical (unpaired) electrons. The molecule has 4 nitrogen and oxygen atoms in total. The lowest BCUT2D eigenvalue weighted by Gasteiger charge is -2.07. The summed E-state index contributed by atoms with van der Waals surface area (Å²) in [4.78, 5) is 11.9. The molecule has 0 saturated carbocycles. The third-order valence-electron chi connectivity index (χ3n) is 3.08. The molecule has 2 rings (SSSR count). The summed E-state index contributed by atoms with van der Waals surface area (Å²) in [6, 6.07) is 17.1. The average molecular weight is 299 g/mol. The Morgan fingerprint density at radius 2 is 1.77 bits per heavy atom. The Morgan fingerprint density at radius 3 is 2.45 bits per heavy atom. The molecular formula is C18H21NO3. The average Bonchev–Trinajstić information content (AvgIpc) is 2.56. The number of hydrogen-bond donors (Lipinski definition) is 1. The van der Waals surface area contributed by atoms with Gasteiger partial charge in [-0.25, -0.2) is 4.79 Å². The Hall–Kier alpha value is -2.33. The quantitative estimate of drug-likeness (QED) is 0.601. The van der Waals surface area contributed by atoms with Crippen LogP contribution >= 0.6 is 0 Å². The molecule has 0 spiro atoms. The van der Waals surface area contributed by atoms with Crippen LogP contribution in [0.2, 0.25) is 0 Å². The van der Waals surface area contributed by atoms with E-state index in [-0.39, 0.29) is 5.97 Å². The van der Waals surface area contributed by atoms with Crippen molar-refractivity contribution in [2.45, 2.75) is 13.5 Å². The van der Waals surface area contributed by atoms with Crippen molar-refractivity contribution in [1.29, 1.82) is 0 Å². The molecule has 2 aromatic carbocycles. The van der Waals surface area contributed by atoms with Gasteiger partial charge in [-0.15, -0.1) is 0 Å². The number of hydrogen-bond acceptors (Lipinski definition) is 4. The lowest BCUT2D eigenvalue weighted by molar-refractivity contribution is 0.0508. The SMILES string of the molecule is CCOc1ccc(C(=O)OCCNCc2ccccc2)cc1. The first-order valence-corrected chi connectivity index (χ1v) is 7.44. The summed E-state index contributed by atoms with van der Waals surface area (Å²) in [5, 5.41) is 3.24. The van der Waals surface area contributed by atoms with E-state index in [0.29, 0.717) is 25.3 Å². The molecule has 0 bridgehead atoms. The van der Waals surface area contributed by atoms with Gasteiger partial charge in [0.1, 0.15) is 12.4 Å². The molecule has 0 aliphatic rings. The molecule has 0 atom stereocenters. The Labute approximate surface area is 131 Å². The maximum absolute atomic E-state index is 11.9. The van der Waals surface area contributed by atoms with Gasteiger partial charge in [-0.3, -0.25) is 0 Å². The first-order valence-electron chi connectivity index (χ1n) is 7.44. The van der Waals surface area contributed by atoms with Crippen LogP contribution in [-0.2, 0) is 11.3 Å². The molecule has 2 aromatic rings. The van der Waals surface area contributed by atoms with Gasteiger partial charge < -0.3 is 14.8 Å². The third-order valence-corrected chi connectivity index (χ3v) is 3.08. The van der Waals surface area contributed by atoms with Crippen molar-refractivity contribution in [1.82, 2.24) is 5.32 Å². The van der Waals surface area contributed by atoms with E-state index in [4.69, 9.17) is 9.47 Å². The van der Waals surface area contributed by atoms with Crippen molar-refractivity contribution in [2.24, 2.45) is 0 Å². The largest absolute Gasteiger partial charge is 0.494 e. The van der Waals surface area contributed by atoms with Crippen LogP contribution in [0.3, 0.4) is 0 Å². The molecule has 0 aliphatic heterocycles. The van der Waals surface area contributed by atoms with Crippen molar-refractivity contribution in [2.75, 3.05) is 19.8 Å². The summed E-state index contributed by atoms with van der Waals surface area (Å²) >= 11 is 0. The van der Waals surface area contributed by atoms with Crippen LogP contribution in [0.15, 0.2) is 54.6 Å². The van der Waals surface area contributed by atoms with Crippen LogP contribution in [0.5, 0.6) is 5.75 Å². The van der Waals surface area contributed by atoms with Gasteiger partial charge in [0.15, 0.2) is 0 Å². The van der Waals surface area contributed by atoms with E-state index in [1.807, 2.05) is 25.1 Å². The normalized spacial score (nSPS) is 10.2. The number of carbonyl (C=O) groups excluding carboxylic acids is 1. The lowest BCUT2D eigenvalue weighted by Crippen LogP contribution is -2.21. The zero-order chi connectivity index (χ0) is 15.6. The summed E-state index contributed by atoms with van der Waals surface area (Å²) in [6.45, 7) is 4.26. The predicted octanol–water partition coefficient (Wildman–Crippen LogP) is 3.03. The van der Waals surface area contributed by atoms with Crippen molar-refractivity contribution in [3.8, 4) is 5.75 Å². The van der Waals surface area contributed by atoms with Crippen molar-refractivity contribution in [3.05, 3.63) is 65.7 Å². The summed E-state index contributed by atoms with van der Waals surface area (Å²) < 4.78 is 10.6. The van der Waals surface area contributed by atoms with Crippen LogP contribution in [0.4, 0.5) is 0 Å². The van der Waals surface area contributed by atoms with Gasteiger partial charge in [0.25, 0.3) is 0 Å². The van der Waals surface area contributed by atoms with E-state index in [1.165, 1.54) is 5.56 Å². The highest BCUT2D eigenvalue weighted by molar-refractivity contribution is 5.89. The van der Waals surface area contributed by atoms with Gasteiger partial charge in [-0.1, -0.05) is 30.3 Å². The summed E-state index contributed by atoms with van der Waals surface area (Å²) in [5.41, 5.74) is 1.74. The number of carbonyl (C=O) groups is 1. The molecule has 1 N–H and O–H groups in total. The Balaban J connectivity index is 1.67. The molecule has 0 amide bonds. The number of nitrogens with one attached hydrogen (secondary N) is 1. The van der Waals surface area contributed by atoms with Gasteiger partial charge >= 0.3 is 5.97 Å². The fourth-order valence-corrected chi connectivity index (χ4v) is 1.98. The summed E-state index contributed by atoms with van der Waals surface area (Å²) in [6.07, 6.45) is 0. The van der Waals surface area contributed by atoms with Gasteiger partial charge in [-0.2, -0.15) is 0 Å². The fraction of sp³-hybridized carbons (Fsp3) is 0.278. The van der Waals surface area contributed by atoms with Crippen molar-refractivity contribution >= 4 is 5.97 Å². The maximum atomic E-state index is 11.9. The van der Waals surface area contributed by atoms with Gasteiger partial charge in [0, 0.05) is 13.1 Å².